The molecule has 2 aliphatic heterocycles. The van der Waals surface area contributed by atoms with Crippen LogP contribution < -0.4 is 10.6 Å². The number of imidazole rings is 1. The summed E-state index contributed by atoms with van der Waals surface area (Å²) < 4.78 is 0. The van der Waals surface area contributed by atoms with E-state index in [2.05, 4.69) is 15.6 Å². The van der Waals surface area contributed by atoms with Crippen LogP contribution in [0.2, 0.25) is 0 Å². The molecule has 0 unspecified atom stereocenters. The lowest BCUT2D eigenvalue weighted by molar-refractivity contribution is -0.135. The van der Waals surface area contributed by atoms with Crippen molar-refractivity contribution in [3.8, 4) is 0 Å². The normalized spacial score (nSPS) is 20.9. The Hall–Kier alpha value is -3.68. The zero-order chi connectivity index (χ0) is 22.1. The Bertz CT molecular complexity index is 1150. The number of amides is 3. The molecule has 164 valence electrons. The molecule has 1 aromatic heterocycles. The van der Waals surface area contributed by atoms with Gasteiger partial charge >= 0.3 is 0 Å². The summed E-state index contributed by atoms with van der Waals surface area (Å²) in [5.41, 5.74) is 2.76. The maximum atomic E-state index is 13.2. The molecule has 3 aromatic rings. The number of para-hydroxylation sites is 3. The number of benzene rings is 2. The zero-order valence-corrected chi connectivity index (χ0v) is 17.6. The average Bonchev–Trinajstić information content (AvgIpc) is 3.21. The molecule has 5 rings (SSSR count). The third-order valence-corrected chi connectivity index (χ3v) is 6.24. The first-order chi connectivity index (χ1) is 15.6. The van der Waals surface area contributed by atoms with Crippen molar-refractivity contribution in [3.05, 3.63) is 59.9 Å². The molecule has 2 atom stereocenters. The molecule has 3 heterocycles. The lowest BCUT2D eigenvalue weighted by Gasteiger charge is -2.35. The van der Waals surface area contributed by atoms with Gasteiger partial charge in [0.15, 0.2) is 0 Å². The van der Waals surface area contributed by atoms with Crippen molar-refractivity contribution in [2.75, 3.05) is 11.9 Å². The van der Waals surface area contributed by atoms with Gasteiger partial charge in [0, 0.05) is 13.0 Å². The number of aromatic amines is 1. The van der Waals surface area contributed by atoms with Crippen LogP contribution in [0.15, 0.2) is 48.5 Å². The first kappa shape index (κ1) is 20.2. The van der Waals surface area contributed by atoms with Crippen LogP contribution in [0.5, 0.6) is 0 Å². The Morgan fingerprint density at radius 2 is 1.88 bits per heavy atom. The number of H-pyrrole nitrogens is 1. The van der Waals surface area contributed by atoms with Crippen LogP contribution in [0.3, 0.4) is 0 Å². The van der Waals surface area contributed by atoms with Crippen molar-refractivity contribution in [2.24, 2.45) is 0 Å². The summed E-state index contributed by atoms with van der Waals surface area (Å²) in [6.07, 6.45) is 3.24. The number of nitrogens with one attached hydrogen (secondary N) is 3. The number of carbonyl (C=O) groups excluding carboxylic acids is 3. The number of hydrogen-bond acceptors (Lipinski definition) is 4. The van der Waals surface area contributed by atoms with Gasteiger partial charge in [-0.05, 0) is 49.9 Å². The largest absolute Gasteiger partial charge is 0.340 e. The number of aromatic nitrogens is 2. The highest BCUT2D eigenvalue weighted by Gasteiger charge is 2.32. The third kappa shape index (κ3) is 3.84. The summed E-state index contributed by atoms with van der Waals surface area (Å²) in [6, 6.07) is 13.9. The fraction of sp³-hybridized carbons (Fsp3) is 0.333. The molecule has 0 aliphatic carbocycles. The van der Waals surface area contributed by atoms with Crippen molar-refractivity contribution >= 4 is 34.4 Å². The van der Waals surface area contributed by atoms with Crippen LogP contribution >= 0.6 is 0 Å². The number of hydrogen-bond donors (Lipinski definition) is 3. The van der Waals surface area contributed by atoms with E-state index in [1.807, 2.05) is 29.2 Å². The molecular weight excluding hydrogens is 406 g/mol. The Kier molecular flexibility index (Phi) is 5.34. The maximum absolute atomic E-state index is 13.2. The number of likely N-dealkylation sites (tertiary alicyclic amines) is 1. The molecule has 8 nitrogen and oxygen atoms in total. The minimum atomic E-state index is -0.756. The number of fused-ring (bicyclic) bond motifs is 2. The van der Waals surface area contributed by atoms with E-state index >= 15 is 0 Å². The summed E-state index contributed by atoms with van der Waals surface area (Å²) in [5.74, 6) is 0.160. The lowest BCUT2D eigenvalue weighted by Crippen LogP contribution is -2.43. The molecule has 2 aromatic carbocycles. The van der Waals surface area contributed by atoms with Gasteiger partial charge in [0.2, 0.25) is 11.8 Å². The van der Waals surface area contributed by atoms with Gasteiger partial charge in [0.05, 0.1) is 28.3 Å². The number of nitrogens with zero attached hydrogens (tertiary/aromatic N) is 2. The van der Waals surface area contributed by atoms with Crippen LogP contribution in [0.1, 0.15) is 54.3 Å². The monoisotopic (exact) mass is 431 g/mol. The van der Waals surface area contributed by atoms with E-state index in [0.29, 0.717) is 17.8 Å². The number of piperidine rings is 1. The quantitative estimate of drug-likeness (QED) is 0.590. The third-order valence-electron chi connectivity index (χ3n) is 6.24. The molecule has 8 heteroatoms. The molecule has 3 N–H and O–H groups in total. The van der Waals surface area contributed by atoms with Crippen LogP contribution in [0, 0.1) is 0 Å². The van der Waals surface area contributed by atoms with Gasteiger partial charge < -0.3 is 20.5 Å². The Balaban J connectivity index is 1.28. The average molecular weight is 431 g/mol. The van der Waals surface area contributed by atoms with Gasteiger partial charge in [-0.1, -0.05) is 24.3 Å². The predicted octanol–water partition coefficient (Wildman–Crippen LogP) is 3.15. The first-order valence-electron chi connectivity index (χ1n) is 11.0. The first-order valence-corrected chi connectivity index (χ1v) is 11.0. The fourth-order valence-electron chi connectivity index (χ4n) is 4.57. The van der Waals surface area contributed by atoms with Gasteiger partial charge in [0.1, 0.15) is 11.9 Å². The Morgan fingerprint density at radius 1 is 1.06 bits per heavy atom. The standard InChI is InChI=1S/C24H25N5O3/c30-21(13-12-19-24(32)27-16-8-2-1-7-15(16)23(31)28-19)29-14-6-5-11-20(29)22-25-17-9-3-4-10-18(17)26-22/h1-4,7-10,19-20H,5-6,11-14H2,(H,25,26)(H,27,32)(H,28,31)/t19-,20+/m1/s1. The van der Waals surface area contributed by atoms with Crippen LogP contribution in [0.25, 0.3) is 11.0 Å². The summed E-state index contributed by atoms with van der Waals surface area (Å²) >= 11 is 0. The van der Waals surface area contributed by atoms with Crippen molar-refractivity contribution < 1.29 is 14.4 Å². The van der Waals surface area contributed by atoms with E-state index in [9.17, 15) is 14.4 Å². The van der Waals surface area contributed by atoms with Gasteiger partial charge in [-0.2, -0.15) is 0 Å². The minimum Gasteiger partial charge on any atom is -0.340 e. The van der Waals surface area contributed by atoms with E-state index in [0.717, 1.165) is 36.1 Å². The molecule has 3 amide bonds. The van der Waals surface area contributed by atoms with Crippen molar-refractivity contribution in [2.45, 2.75) is 44.2 Å². The maximum Gasteiger partial charge on any atom is 0.254 e. The lowest BCUT2D eigenvalue weighted by atomic mass is 10.00. The second-order valence-electron chi connectivity index (χ2n) is 8.34. The number of carbonyl (C=O) groups is 3. The zero-order valence-electron chi connectivity index (χ0n) is 17.6. The van der Waals surface area contributed by atoms with Crippen LogP contribution in [0.4, 0.5) is 5.69 Å². The summed E-state index contributed by atoms with van der Waals surface area (Å²) in [7, 11) is 0. The topological polar surface area (TPSA) is 107 Å². The van der Waals surface area contributed by atoms with Crippen molar-refractivity contribution in [1.82, 2.24) is 20.2 Å². The highest BCUT2D eigenvalue weighted by molar-refractivity contribution is 6.09. The second-order valence-corrected chi connectivity index (χ2v) is 8.34. The minimum absolute atomic E-state index is 0.0287. The van der Waals surface area contributed by atoms with Gasteiger partial charge in [-0.15, -0.1) is 0 Å². The summed E-state index contributed by atoms with van der Waals surface area (Å²) in [5, 5.41) is 5.56. The molecule has 0 bridgehead atoms. The molecule has 1 fully saturated rings. The van der Waals surface area contributed by atoms with Crippen molar-refractivity contribution in [3.63, 3.8) is 0 Å². The smallest absolute Gasteiger partial charge is 0.254 e. The van der Waals surface area contributed by atoms with Crippen LogP contribution in [-0.2, 0) is 9.59 Å². The van der Waals surface area contributed by atoms with Gasteiger partial charge in [-0.3, -0.25) is 14.4 Å². The predicted molar refractivity (Wildman–Crippen MR) is 120 cm³/mol. The number of anilines is 1. The van der Waals surface area contributed by atoms with Gasteiger partial charge in [-0.25, -0.2) is 4.98 Å². The molecule has 0 saturated carbocycles. The van der Waals surface area contributed by atoms with Crippen LogP contribution in [-0.4, -0.2) is 45.2 Å². The van der Waals surface area contributed by atoms with E-state index in [4.69, 9.17) is 4.98 Å². The van der Waals surface area contributed by atoms with Crippen molar-refractivity contribution in [1.29, 1.82) is 0 Å². The summed E-state index contributed by atoms with van der Waals surface area (Å²) in [6.45, 7) is 0.662. The molecule has 0 spiro atoms. The van der Waals surface area contributed by atoms with E-state index in [1.54, 1.807) is 24.3 Å². The van der Waals surface area contributed by atoms with E-state index in [-0.39, 0.29) is 36.6 Å². The highest BCUT2D eigenvalue weighted by atomic mass is 16.2. The Morgan fingerprint density at radius 3 is 2.75 bits per heavy atom. The SMILES string of the molecule is O=C1N[C@H](CCC(=O)N2CCCC[C@H]2c2nc3ccccc3[nH]2)C(=O)Nc2ccccc21. The molecule has 32 heavy (non-hydrogen) atoms. The molecule has 1 saturated heterocycles. The second kappa shape index (κ2) is 8.45. The van der Waals surface area contributed by atoms with E-state index in [1.165, 1.54) is 0 Å². The Labute approximate surface area is 185 Å². The molecular formula is C24H25N5O3. The summed E-state index contributed by atoms with van der Waals surface area (Å²) in [4.78, 5) is 48.3. The molecule has 2 aliphatic rings. The fourth-order valence-corrected chi connectivity index (χ4v) is 4.57. The van der Waals surface area contributed by atoms with E-state index < -0.39 is 6.04 Å². The van der Waals surface area contributed by atoms with Gasteiger partial charge in [0.25, 0.3) is 5.91 Å². The highest BCUT2D eigenvalue weighted by Crippen LogP contribution is 2.31. The molecule has 0 radical (unpaired) electrons. The number of rotatable bonds is 4.